The SMILES string of the molecule is Cc1ccc(C(C)(O)CCCO)o1. The summed E-state index contributed by atoms with van der Waals surface area (Å²) in [5.41, 5.74) is -0.961. The molecule has 0 amide bonds. The summed E-state index contributed by atoms with van der Waals surface area (Å²) >= 11 is 0. The van der Waals surface area contributed by atoms with E-state index in [9.17, 15) is 5.11 Å². The highest BCUT2D eigenvalue weighted by Gasteiger charge is 2.25. The number of hydrogen-bond acceptors (Lipinski definition) is 3. The molecule has 1 aromatic rings. The Morgan fingerprint density at radius 3 is 2.62 bits per heavy atom. The lowest BCUT2D eigenvalue weighted by Crippen LogP contribution is -2.20. The summed E-state index contributed by atoms with van der Waals surface area (Å²) in [7, 11) is 0. The van der Waals surface area contributed by atoms with Crippen molar-refractivity contribution in [1.29, 1.82) is 0 Å². The quantitative estimate of drug-likeness (QED) is 0.746. The smallest absolute Gasteiger partial charge is 0.135 e. The molecular formula is C10H16O3. The normalized spacial score (nSPS) is 15.7. The van der Waals surface area contributed by atoms with Gasteiger partial charge in [0, 0.05) is 6.61 Å². The van der Waals surface area contributed by atoms with E-state index in [-0.39, 0.29) is 6.61 Å². The fourth-order valence-electron chi connectivity index (χ4n) is 1.27. The largest absolute Gasteiger partial charge is 0.463 e. The van der Waals surface area contributed by atoms with Crippen molar-refractivity contribution in [2.45, 2.75) is 32.3 Å². The number of aliphatic hydroxyl groups is 2. The van der Waals surface area contributed by atoms with Gasteiger partial charge in [0.2, 0.25) is 0 Å². The van der Waals surface area contributed by atoms with Gasteiger partial charge in [0.15, 0.2) is 0 Å². The van der Waals surface area contributed by atoms with Crippen molar-refractivity contribution in [3.63, 3.8) is 0 Å². The predicted octanol–water partition coefficient (Wildman–Crippen LogP) is 1.57. The van der Waals surface area contributed by atoms with Gasteiger partial charge in [-0.15, -0.1) is 0 Å². The molecule has 0 spiro atoms. The topological polar surface area (TPSA) is 53.6 Å². The summed E-state index contributed by atoms with van der Waals surface area (Å²) in [6, 6.07) is 3.59. The molecule has 0 aromatic carbocycles. The van der Waals surface area contributed by atoms with Crippen molar-refractivity contribution in [1.82, 2.24) is 0 Å². The van der Waals surface area contributed by atoms with Gasteiger partial charge >= 0.3 is 0 Å². The van der Waals surface area contributed by atoms with E-state index in [2.05, 4.69) is 0 Å². The lowest BCUT2D eigenvalue weighted by molar-refractivity contribution is 0.0184. The maximum Gasteiger partial charge on any atom is 0.135 e. The Labute approximate surface area is 78.0 Å². The molecule has 13 heavy (non-hydrogen) atoms. The maximum absolute atomic E-state index is 9.93. The Morgan fingerprint density at radius 1 is 1.46 bits per heavy atom. The summed E-state index contributed by atoms with van der Waals surface area (Å²) in [5.74, 6) is 1.36. The van der Waals surface area contributed by atoms with Crippen molar-refractivity contribution in [3.8, 4) is 0 Å². The number of hydrogen-bond donors (Lipinski definition) is 2. The molecule has 2 N–H and O–H groups in total. The van der Waals surface area contributed by atoms with E-state index < -0.39 is 5.60 Å². The number of furan rings is 1. The second kappa shape index (κ2) is 3.94. The molecule has 1 aromatic heterocycles. The van der Waals surface area contributed by atoms with Crippen LogP contribution in [0.15, 0.2) is 16.5 Å². The highest BCUT2D eigenvalue weighted by molar-refractivity contribution is 5.12. The third kappa shape index (κ3) is 2.57. The first-order valence-electron chi connectivity index (χ1n) is 4.46. The van der Waals surface area contributed by atoms with Crippen LogP contribution >= 0.6 is 0 Å². The lowest BCUT2D eigenvalue weighted by atomic mass is 9.97. The van der Waals surface area contributed by atoms with Gasteiger partial charge in [0.25, 0.3) is 0 Å². The van der Waals surface area contributed by atoms with Gasteiger partial charge < -0.3 is 14.6 Å². The van der Waals surface area contributed by atoms with Crippen LogP contribution in [0.5, 0.6) is 0 Å². The standard InChI is InChI=1S/C10H16O3/c1-8-4-5-9(13-8)10(2,12)6-3-7-11/h4-5,11-12H,3,6-7H2,1-2H3. The van der Waals surface area contributed by atoms with Crippen LogP contribution in [0.3, 0.4) is 0 Å². The maximum atomic E-state index is 9.93. The highest BCUT2D eigenvalue weighted by atomic mass is 16.4. The summed E-state index contributed by atoms with van der Waals surface area (Å²) in [6.45, 7) is 3.63. The van der Waals surface area contributed by atoms with E-state index in [0.717, 1.165) is 5.76 Å². The zero-order valence-corrected chi connectivity index (χ0v) is 8.08. The number of aliphatic hydroxyl groups excluding tert-OH is 1. The van der Waals surface area contributed by atoms with E-state index in [1.165, 1.54) is 0 Å². The average Bonchev–Trinajstić information content (AvgIpc) is 2.49. The molecule has 0 saturated carbocycles. The number of rotatable bonds is 4. The van der Waals surface area contributed by atoms with Crippen molar-refractivity contribution in [2.24, 2.45) is 0 Å². The fourth-order valence-corrected chi connectivity index (χ4v) is 1.27. The van der Waals surface area contributed by atoms with Crippen LogP contribution in [-0.4, -0.2) is 16.8 Å². The van der Waals surface area contributed by atoms with Gasteiger partial charge in [-0.3, -0.25) is 0 Å². The van der Waals surface area contributed by atoms with Crippen molar-refractivity contribution in [2.75, 3.05) is 6.61 Å². The molecule has 0 fully saturated rings. The van der Waals surface area contributed by atoms with E-state index >= 15 is 0 Å². The zero-order chi connectivity index (χ0) is 9.90. The van der Waals surface area contributed by atoms with E-state index in [1.807, 2.05) is 13.0 Å². The molecule has 3 nitrogen and oxygen atoms in total. The zero-order valence-electron chi connectivity index (χ0n) is 8.08. The van der Waals surface area contributed by atoms with E-state index in [1.54, 1.807) is 13.0 Å². The van der Waals surface area contributed by atoms with Crippen LogP contribution in [0.1, 0.15) is 31.3 Å². The Hall–Kier alpha value is -0.800. The molecule has 0 aliphatic carbocycles. The Balaban J connectivity index is 2.68. The fraction of sp³-hybridized carbons (Fsp3) is 0.600. The van der Waals surface area contributed by atoms with Crippen molar-refractivity contribution < 1.29 is 14.6 Å². The van der Waals surface area contributed by atoms with Gasteiger partial charge in [0.05, 0.1) is 0 Å². The summed E-state index contributed by atoms with van der Waals surface area (Å²) in [5, 5.41) is 18.6. The number of aryl methyl sites for hydroxylation is 1. The van der Waals surface area contributed by atoms with Gasteiger partial charge in [-0.25, -0.2) is 0 Å². The van der Waals surface area contributed by atoms with Crippen LogP contribution in [-0.2, 0) is 5.60 Å². The molecule has 0 aliphatic rings. The molecule has 0 bridgehead atoms. The molecule has 1 atom stereocenters. The molecule has 3 heteroatoms. The average molecular weight is 184 g/mol. The molecular weight excluding hydrogens is 168 g/mol. The first-order chi connectivity index (χ1) is 6.06. The Bertz CT molecular complexity index is 263. The van der Waals surface area contributed by atoms with Crippen LogP contribution in [0, 0.1) is 6.92 Å². The minimum atomic E-state index is -0.961. The van der Waals surface area contributed by atoms with Gasteiger partial charge in [-0.05, 0) is 38.8 Å². The van der Waals surface area contributed by atoms with Gasteiger partial charge in [-0.2, -0.15) is 0 Å². The van der Waals surface area contributed by atoms with Crippen LogP contribution < -0.4 is 0 Å². The Morgan fingerprint density at radius 2 is 2.15 bits per heavy atom. The first kappa shape index (κ1) is 10.3. The van der Waals surface area contributed by atoms with Gasteiger partial charge in [-0.1, -0.05) is 0 Å². The highest BCUT2D eigenvalue weighted by Crippen LogP contribution is 2.27. The molecule has 0 aliphatic heterocycles. The van der Waals surface area contributed by atoms with Gasteiger partial charge in [0.1, 0.15) is 17.1 Å². The third-order valence-corrected chi connectivity index (χ3v) is 2.09. The van der Waals surface area contributed by atoms with Crippen LogP contribution in [0.2, 0.25) is 0 Å². The van der Waals surface area contributed by atoms with Crippen LogP contribution in [0.25, 0.3) is 0 Å². The van der Waals surface area contributed by atoms with E-state index in [4.69, 9.17) is 9.52 Å². The molecule has 1 unspecified atom stereocenters. The summed E-state index contributed by atoms with van der Waals surface area (Å²) in [6.07, 6.45) is 1.09. The minimum Gasteiger partial charge on any atom is -0.463 e. The molecule has 1 heterocycles. The summed E-state index contributed by atoms with van der Waals surface area (Å²) < 4.78 is 5.31. The minimum absolute atomic E-state index is 0.0931. The predicted molar refractivity (Wildman–Crippen MR) is 49.3 cm³/mol. The monoisotopic (exact) mass is 184 g/mol. The molecule has 1 rings (SSSR count). The Kier molecular flexibility index (Phi) is 3.12. The summed E-state index contributed by atoms with van der Waals surface area (Å²) in [4.78, 5) is 0. The van der Waals surface area contributed by atoms with Crippen molar-refractivity contribution in [3.05, 3.63) is 23.7 Å². The molecule has 74 valence electrons. The van der Waals surface area contributed by atoms with Crippen molar-refractivity contribution >= 4 is 0 Å². The second-order valence-corrected chi connectivity index (χ2v) is 3.51. The van der Waals surface area contributed by atoms with E-state index in [0.29, 0.717) is 18.6 Å². The first-order valence-corrected chi connectivity index (χ1v) is 4.46. The molecule has 0 radical (unpaired) electrons. The third-order valence-electron chi connectivity index (χ3n) is 2.09. The lowest BCUT2D eigenvalue weighted by Gasteiger charge is -2.19. The second-order valence-electron chi connectivity index (χ2n) is 3.51. The van der Waals surface area contributed by atoms with Crippen LogP contribution in [0.4, 0.5) is 0 Å². The molecule has 0 saturated heterocycles.